The van der Waals surface area contributed by atoms with Gasteiger partial charge in [-0.2, -0.15) is 5.10 Å². The molecule has 1 aromatic carbocycles. The van der Waals surface area contributed by atoms with E-state index < -0.39 is 0 Å². The smallest absolute Gasteiger partial charge is 0.315 e. The summed E-state index contributed by atoms with van der Waals surface area (Å²) in [7, 11) is 0. The van der Waals surface area contributed by atoms with Gasteiger partial charge in [0.05, 0.1) is 17.3 Å². The molecule has 0 unspecified atom stereocenters. The highest BCUT2D eigenvalue weighted by atomic mass is 35.5. The first-order valence-electron chi connectivity index (χ1n) is 9.81. The van der Waals surface area contributed by atoms with E-state index in [1.165, 1.54) is 0 Å². The largest absolute Gasteiger partial charge is 0.368 e. The number of halogens is 1. The third kappa shape index (κ3) is 4.59. The molecule has 2 aromatic heterocycles. The van der Waals surface area contributed by atoms with E-state index in [-0.39, 0.29) is 12.1 Å². The fraction of sp³-hybridized carbons (Fsp3) is 0.400. The SMILES string of the molecule is CC(C)NC(=O)NCCNc1nc(C2CC2)nc2c1cnn2-c1cccc(Cl)c1. The Morgan fingerprint density at radius 1 is 1.28 bits per heavy atom. The number of carbonyl (C=O) groups excluding carboxylic acids is 1. The molecule has 3 aromatic rings. The monoisotopic (exact) mass is 413 g/mol. The lowest BCUT2D eigenvalue weighted by molar-refractivity contribution is 0.239. The summed E-state index contributed by atoms with van der Waals surface area (Å²) in [6, 6.07) is 7.45. The molecule has 3 N–H and O–H groups in total. The second kappa shape index (κ2) is 8.24. The van der Waals surface area contributed by atoms with E-state index in [9.17, 15) is 4.79 Å². The first kappa shape index (κ1) is 19.4. The van der Waals surface area contributed by atoms with Gasteiger partial charge in [0.2, 0.25) is 0 Å². The summed E-state index contributed by atoms with van der Waals surface area (Å²) >= 11 is 6.15. The van der Waals surface area contributed by atoms with Crippen molar-refractivity contribution in [1.29, 1.82) is 0 Å². The summed E-state index contributed by atoms with van der Waals surface area (Å²) in [4.78, 5) is 21.2. The molecular weight excluding hydrogens is 390 g/mol. The third-order valence-corrected chi connectivity index (χ3v) is 4.80. The molecule has 0 saturated heterocycles. The third-order valence-electron chi connectivity index (χ3n) is 4.56. The summed E-state index contributed by atoms with van der Waals surface area (Å²) in [5.74, 6) is 1.96. The molecule has 2 heterocycles. The minimum Gasteiger partial charge on any atom is -0.368 e. The number of amides is 2. The number of benzene rings is 1. The zero-order chi connectivity index (χ0) is 20.4. The van der Waals surface area contributed by atoms with Gasteiger partial charge >= 0.3 is 6.03 Å². The van der Waals surface area contributed by atoms with E-state index in [0.717, 1.165) is 41.2 Å². The van der Waals surface area contributed by atoms with Crippen molar-refractivity contribution in [2.45, 2.75) is 38.6 Å². The lowest BCUT2D eigenvalue weighted by Crippen LogP contribution is -2.41. The molecule has 2 amide bonds. The Balaban J connectivity index is 1.56. The number of urea groups is 1. The van der Waals surface area contributed by atoms with Crippen LogP contribution < -0.4 is 16.0 Å². The lowest BCUT2D eigenvalue weighted by Gasteiger charge is -2.12. The lowest BCUT2D eigenvalue weighted by atomic mass is 10.3. The number of hydrogen-bond donors (Lipinski definition) is 3. The van der Waals surface area contributed by atoms with Crippen molar-refractivity contribution in [3.8, 4) is 5.69 Å². The van der Waals surface area contributed by atoms with E-state index in [0.29, 0.717) is 24.0 Å². The van der Waals surface area contributed by atoms with Crippen molar-refractivity contribution >= 4 is 34.5 Å². The highest BCUT2D eigenvalue weighted by molar-refractivity contribution is 6.30. The van der Waals surface area contributed by atoms with Crippen molar-refractivity contribution in [3.63, 3.8) is 0 Å². The van der Waals surface area contributed by atoms with Crippen molar-refractivity contribution in [1.82, 2.24) is 30.4 Å². The van der Waals surface area contributed by atoms with Gasteiger partial charge in [0.15, 0.2) is 5.65 Å². The van der Waals surface area contributed by atoms with E-state index in [2.05, 4.69) is 21.0 Å². The molecule has 4 rings (SSSR count). The molecule has 1 aliphatic carbocycles. The molecule has 1 fully saturated rings. The Hall–Kier alpha value is -2.87. The standard InChI is InChI=1S/C20H24ClN7O/c1-12(2)25-20(29)23-9-8-22-18-16-11-24-28(15-5-3-4-14(21)10-15)19(16)27-17(26-18)13-6-7-13/h3-5,10-13H,6-9H2,1-2H3,(H,22,26,27)(H2,23,25,29). The van der Waals surface area contributed by atoms with Crippen molar-refractivity contribution in [2.75, 3.05) is 18.4 Å². The summed E-state index contributed by atoms with van der Waals surface area (Å²) in [6.07, 6.45) is 3.97. The predicted octanol–water partition coefficient (Wildman–Crippen LogP) is 3.47. The Labute approximate surface area is 174 Å². The molecular formula is C20H24ClN7O. The Kier molecular flexibility index (Phi) is 5.53. The van der Waals surface area contributed by atoms with Crippen LogP contribution in [0.4, 0.5) is 10.6 Å². The number of anilines is 1. The fourth-order valence-corrected chi connectivity index (χ4v) is 3.24. The highest BCUT2D eigenvalue weighted by Gasteiger charge is 2.28. The number of aromatic nitrogens is 4. The van der Waals surface area contributed by atoms with Crippen LogP contribution in [-0.4, -0.2) is 44.9 Å². The van der Waals surface area contributed by atoms with Gasteiger partial charge in [-0.05, 0) is 44.9 Å². The van der Waals surface area contributed by atoms with Crippen molar-refractivity contribution in [3.05, 3.63) is 41.3 Å². The molecule has 1 saturated carbocycles. The topological polar surface area (TPSA) is 96.8 Å². The van der Waals surface area contributed by atoms with Gasteiger partial charge in [-0.15, -0.1) is 0 Å². The van der Waals surface area contributed by atoms with Crippen LogP contribution in [0, 0.1) is 0 Å². The number of nitrogens with zero attached hydrogens (tertiary/aromatic N) is 4. The maximum Gasteiger partial charge on any atom is 0.315 e. The summed E-state index contributed by atoms with van der Waals surface area (Å²) in [5.41, 5.74) is 1.60. The quantitative estimate of drug-likeness (QED) is 0.515. The number of fused-ring (bicyclic) bond motifs is 1. The minimum atomic E-state index is -0.179. The minimum absolute atomic E-state index is 0.0999. The van der Waals surface area contributed by atoms with Gasteiger partial charge < -0.3 is 16.0 Å². The number of hydrogen-bond acceptors (Lipinski definition) is 5. The van der Waals surface area contributed by atoms with Crippen molar-refractivity contribution < 1.29 is 4.79 Å². The first-order chi connectivity index (χ1) is 14.0. The number of rotatable bonds is 7. The number of carbonyl (C=O) groups is 1. The average Bonchev–Trinajstić information content (AvgIpc) is 3.43. The normalized spacial score (nSPS) is 13.7. The molecule has 0 aliphatic heterocycles. The Morgan fingerprint density at radius 3 is 2.83 bits per heavy atom. The molecule has 0 radical (unpaired) electrons. The van der Waals surface area contributed by atoms with E-state index in [1.54, 1.807) is 10.9 Å². The summed E-state index contributed by atoms with van der Waals surface area (Å²) < 4.78 is 1.79. The molecule has 1 aliphatic rings. The Morgan fingerprint density at radius 2 is 2.10 bits per heavy atom. The fourth-order valence-electron chi connectivity index (χ4n) is 3.05. The maximum absolute atomic E-state index is 11.7. The Bertz CT molecular complexity index is 1030. The van der Waals surface area contributed by atoms with E-state index >= 15 is 0 Å². The molecule has 8 nitrogen and oxygen atoms in total. The highest BCUT2D eigenvalue weighted by Crippen LogP contribution is 2.39. The molecule has 152 valence electrons. The summed E-state index contributed by atoms with van der Waals surface area (Å²) in [6.45, 7) is 4.87. The van der Waals surface area contributed by atoms with Crippen LogP contribution >= 0.6 is 11.6 Å². The van der Waals surface area contributed by atoms with Crippen LogP contribution in [0.1, 0.15) is 38.4 Å². The van der Waals surface area contributed by atoms with E-state index in [4.69, 9.17) is 21.6 Å². The predicted molar refractivity (Wildman–Crippen MR) is 114 cm³/mol. The van der Waals surface area contributed by atoms with Crippen molar-refractivity contribution in [2.24, 2.45) is 0 Å². The van der Waals surface area contributed by atoms with Gasteiger partial charge in [0.1, 0.15) is 11.6 Å². The van der Waals surface area contributed by atoms with Crippen LogP contribution in [0.2, 0.25) is 5.02 Å². The van der Waals surface area contributed by atoms with Crippen LogP contribution in [0.15, 0.2) is 30.5 Å². The van der Waals surface area contributed by atoms with Gasteiger partial charge in [-0.25, -0.2) is 19.4 Å². The molecule has 29 heavy (non-hydrogen) atoms. The summed E-state index contributed by atoms with van der Waals surface area (Å²) in [5, 5.41) is 14.9. The molecule has 9 heteroatoms. The van der Waals surface area contributed by atoms with Crippen LogP contribution in [0.3, 0.4) is 0 Å². The van der Waals surface area contributed by atoms with Gasteiger partial charge in [-0.3, -0.25) is 0 Å². The molecule has 0 bridgehead atoms. The average molecular weight is 414 g/mol. The van der Waals surface area contributed by atoms with Crippen LogP contribution in [0.5, 0.6) is 0 Å². The van der Waals surface area contributed by atoms with Gasteiger partial charge in [0, 0.05) is 30.1 Å². The molecule has 0 spiro atoms. The number of nitrogens with one attached hydrogen (secondary N) is 3. The van der Waals surface area contributed by atoms with Crippen LogP contribution in [-0.2, 0) is 0 Å². The zero-order valence-electron chi connectivity index (χ0n) is 16.4. The maximum atomic E-state index is 11.7. The van der Waals surface area contributed by atoms with Gasteiger partial charge in [-0.1, -0.05) is 17.7 Å². The second-order valence-electron chi connectivity index (χ2n) is 7.46. The van der Waals surface area contributed by atoms with Gasteiger partial charge in [0.25, 0.3) is 0 Å². The van der Waals surface area contributed by atoms with Crippen LogP contribution in [0.25, 0.3) is 16.7 Å². The van der Waals surface area contributed by atoms with E-state index in [1.807, 2.05) is 38.1 Å². The molecule has 0 atom stereocenters. The first-order valence-corrected chi connectivity index (χ1v) is 10.2. The second-order valence-corrected chi connectivity index (χ2v) is 7.90. The zero-order valence-corrected chi connectivity index (χ0v) is 17.2.